The van der Waals surface area contributed by atoms with Crippen molar-refractivity contribution in [2.75, 3.05) is 26.2 Å². The zero-order valence-corrected chi connectivity index (χ0v) is 14.7. The predicted octanol–water partition coefficient (Wildman–Crippen LogP) is 2.83. The molecule has 6 nitrogen and oxygen atoms in total. The zero-order chi connectivity index (χ0) is 18.6. The molecule has 0 unspecified atom stereocenters. The third kappa shape index (κ3) is 4.03. The third-order valence-electron chi connectivity index (χ3n) is 4.60. The molecule has 1 aromatic heterocycles. The SMILES string of the molecule is O=C(c1ccccc1)N1CCN(Cc2nnc(-c3ccc(F)cc3)o2)CC1. The van der Waals surface area contributed by atoms with Crippen LogP contribution in [-0.2, 0) is 6.54 Å². The van der Waals surface area contributed by atoms with E-state index in [1.165, 1.54) is 12.1 Å². The average Bonchev–Trinajstić information content (AvgIpc) is 3.18. The van der Waals surface area contributed by atoms with Gasteiger partial charge >= 0.3 is 0 Å². The van der Waals surface area contributed by atoms with Gasteiger partial charge in [0.15, 0.2) is 0 Å². The van der Waals surface area contributed by atoms with Gasteiger partial charge in [0.25, 0.3) is 5.91 Å². The topological polar surface area (TPSA) is 62.5 Å². The van der Waals surface area contributed by atoms with E-state index in [2.05, 4.69) is 15.1 Å². The first-order valence-corrected chi connectivity index (χ1v) is 8.84. The monoisotopic (exact) mass is 366 g/mol. The van der Waals surface area contributed by atoms with Crippen molar-refractivity contribution in [3.05, 3.63) is 71.9 Å². The fourth-order valence-electron chi connectivity index (χ4n) is 3.09. The number of hydrogen-bond donors (Lipinski definition) is 0. The molecule has 0 saturated carbocycles. The quantitative estimate of drug-likeness (QED) is 0.711. The lowest BCUT2D eigenvalue weighted by molar-refractivity contribution is 0.0618. The molecular formula is C20H19FN4O2. The minimum absolute atomic E-state index is 0.0617. The molecule has 4 rings (SSSR count). The number of piperazine rings is 1. The molecule has 1 amide bonds. The lowest BCUT2D eigenvalue weighted by Crippen LogP contribution is -2.48. The van der Waals surface area contributed by atoms with E-state index >= 15 is 0 Å². The molecule has 1 fully saturated rings. The van der Waals surface area contributed by atoms with Crippen LogP contribution in [0.3, 0.4) is 0 Å². The van der Waals surface area contributed by atoms with Crippen LogP contribution in [0, 0.1) is 5.82 Å². The van der Waals surface area contributed by atoms with Crippen molar-refractivity contribution < 1.29 is 13.6 Å². The summed E-state index contributed by atoms with van der Waals surface area (Å²) in [4.78, 5) is 16.5. The smallest absolute Gasteiger partial charge is 0.253 e. The molecule has 27 heavy (non-hydrogen) atoms. The van der Waals surface area contributed by atoms with Gasteiger partial charge in [0.2, 0.25) is 11.8 Å². The van der Waals surface area contributed by atoms with Crippen LogP contribution in [0.2, 0.25) is 0 Å². The van der Waals surface area contributed by atoms with Crippen molar-refractivity contribution in [3.8, 4) is 11.5 Å². The Balaban J connectivity index is 1.33. The highest BCUT2D eigenvalue weighted by molar-refractivity contribution is 5.94. The zero-order valence-electron chi connectivity index (χ0n) is 14.7. The Morgan fingerprint density at radius 2 is 1.67 bits per heavy atom. The second-order valence-corrected chi connectivity index (χ2v) is 6.44. The Labute approximate surface area is 156 Å². The lowest BCUT2D eigenvalue weighted by atomic mass is 10.2. The molecule has 1 aliphatic heterocycles. The van der Waals surface area contributed by atoms with Crippen molar-refractivity contribution >= 4 is 5.91 Å². The molecule has 0 atom stereocenters. The highest BCUT2D eigenvalue weighted by Gasteiger charge is 2.23. The Kier molecular flexibility index (Phi) is 4.93. The van der Waals surface area contributed by atoms with E-state index < -0.39 is 0 Å². The van der Waals surface area contributed by atoms with Gasteiger partial charge in [0.1, 0.15) is 5.82 Å². The molecule has 1 saturated heterocycles. The van der Waals surface area contributed by atoms with Crippen LogP contribution in [0.25, 0.3) is 11.5 Å². The fourth-order valence-corrected chi connectivity index (χ4v) is 3.09. The van der Waals surface area contributed by atoms with Crippen LogP contribution in [0.5, 0.6) is 0 Å². The Morgan fingerprint density at radius 3 is 2.37 bits per heavy atom. The van der Waals surface area contributed by atoms with Gasteiger partial charge in [0, 0.05) is 37.3 Å². The first-order chi connectivity index (χ1) is 13.2. The number of benzene rings is 2. The largest absolute Gasteiger partial charge is 0.419 e. The maximum Gasteiger partial charge on any atom is 0.253 e. The summed E-state index contributed by atoms with van der Waals surface area (Å²) in [7, 11) is 0. The minimum Gasteiger partial charge on any atom is -0.419 e. The van der Waals surface area contributed by atoms with Crippen LogP contribution in [0.15, 0.2) is 59.0 Å². The van der Waals surface area contributed by atoms with Gasteiger partial charge in [-0.2, -0.15) is 0 Å². The van der Waals surface area contributed by atoms with Crippen LogP contribution < -0.4 is 0 Å². The van der Waals surface area contributed by atoms with E-state index in [9.17, 15) is 9.18 Å². The number of hydrogen-bond acceptors (Lipinski definition) is 5. The summed E-state index contributed by atoms with van der Waals surface area (Å²) in [5, 5.41) is 8.11. The van der Waals surface area contributed by atoms with Gasteiger partial charge < -0.3 is 9.32 Å². The number of halogens is 1. The molecule has 0 aliphatic carbocycles. The van der Waals surface area contributed by atoms with Crippen molar-refractivity contribution in [2.45, 2.75) is 6.54 Å². The first-order valence-electron chi connectivity index (χ1n) is 8.84. The summed E-state index contributed by atoms with van der Waals surface area (Å²) < 4.78 is 18.7. The molecule has 0 bridgehead atoms. The highest BCUT2D eigenvalue weighted by Crippen LogP contribution is 2.19. The van der Waals surface area contributed by atoms with E-state index in [0.717, 1.165) is 13.1 Å². The number of carbonyl (C=O) groups is 1. The van der Waals surface area contributed by atoms with E-state index in [1.54, 1.807) is 12.1 Å². The number of rotatable bonds is 4. The molecule has 0 spiro atoms. The lowest BCUT2D eigenvalue weighted by Gasteiger charge is -2.34. The van der Waals surface area contributed by atoms with Crippen LogP contribution >= 0.6 is 0 Å². The Hall–Kier alpha value is -3.06. The Morgan fingerprint density at radius 1 is 0.963 bits per heavy atom. The number of carbonyl (C=O) groups excluding carboxylic acids is 1. The van der Waals surface area contributed by atoms with Gasteiger partial charge in [-0.1, -0.05) is 18.2 Å². The van der Waals surface area contributed by atoms with Crippen molar-refractivity contribution in [2.24, 2.45) is 0 Å². The second kappa shape index (κ2) is 7.67. The summed E-state index contributed by atoms with van der Waals surface area (Å²) in [5.41, 5.74) is 1.40. The summed E-state index contributed by atoms with van der Waals surface area (Å²) in [6.45, 7) is 3.33. The van der Waals surface area contributed by atoms with Gasteiger partial charge in [-0.25, -0.2) is 4.39 Å². The van der Waals surface area contributed by atoms with Gasteiger partial charge in [-0.15, -0.1) is 10.2 Å². The summed E-state index contributed by atoms with van der Waals surface area (Å²) in [6, 6.07) is 15.3. The van der Waals surface area contributed by atoms with Crippen LogP contribution in [0.4, 0.5) is 4.39 Å². The molecule has 2 aromatic carbocycles. The van der Waals surface area contributed by atoms with Crippen LogP contribution in [0.1, 0.15) is 16.2 Å². The average molecular weight is 366 g/mol. The fraction of sp³-hybridized carbons (Fsp3) is 0.250. The van der Waals surface area contributed by atoms with E-state index in [4.69, 9.17) is 4.42 Å². The molecule has 1 aliphatic rings. The van der Waals surface area contributed by atoms with Crippen molar-refractivity contribution in [1.82, 2.24) is 20.0 Å². The maximum absolute atomic E-state index is 13.0. The first kappa shape index (κ1) is 17.4. The van der Waals surface area contributed by atoms with Gasteiger partial charge in [-0.05, 0) is 36.4 Å². The molecule has 0 radical (unpaired) electrons. The predicted molar refractivity (Wildman–Crippen MR) is 97.3 cm³/mol. The molecular weight excluding hydrogens is 347 g/mol. The maximum atomic E-state index is 13.0. The van der Waals surface area contributed by atoms with Gasteiger partial charge in [0.05, 0.1) is 6.54 Å². The standard InChI is InChI=1S/C20H19FN4O2/c21-17-8-6-15(7-9-17)19-23-22-18(27-19)14-24-10-12-25(13-11-24)20(26)16-4-2-1-3-5-16/h1-9H,10-14H2. The number of aromatic nitrogens is 2. The summed E-state index contributed by atoms with van der Waals surface area (Å²) in [6.07, 6.45) is 0. The van der Waals surface area contributed by atoms with Gasteiger partial charge in [-0.3, -0.25) is 9.69 Å². The Bertz CT molecular complexity index is 903. The number of nitrogens with zero attached hydrogens (tertiary/aromatic N) is 4. The van der Waals surface area contributed by atoms with Crippen LogP contribution in [-0.4, -0.2) is 52.1 Å². The number of amides is 1. The summed E-state index contributed by atoms with van der Waals surface area (Å²) >= 11 is 0. The molecule has 2 heterocycles. The summed E-state index contributed by atoms with van der Waals surface area (Å²) in [5.74, 6) is 0.646. The molecule has 7 heteroatoms. The third-order valence-corrected chi connectivity index (χ3v) is 4.60. The second-order valence-electron chi connectivity index (χ2n) is 6.44. The minimum atomic E-state index is -0.304. The molecule has 3 aromatic rings. The van der Waals surface area contributed by atoms with E-state index in [0.29, 0.717) is 42.5 Å². The molecule has 138 valence electrons. The van der Waals surface area contributed by atoms with E-state index in [1.807, 2.05) is 35.2 Å². The normalized spacial score (nSPS) is 15.1. The molecule has 0 N–H and O–H groups in total. The van der Waals surface area contributed by atoms with Crippen molar-refractivity contribution in [1.29, 1.82) is 0 Å². The highest BCUT2D eigenvalue weighted by atomic mass is 19.1. The van der Waals surface area contributed by atoms with Crippen molar-refractivity contribution in [3.63, 3.8) is 0 Å². The van der Waals surface area contributed by atoms with E-state index in [-0.39, 0.29) is 11.7 Å².